The lowest BCUT2D eigenvalue weighted by Gasteiger charge is -2.08. The molecule has 0 saturated carbocycles. The largest absolute Gasteiger partial charge is 0.380 e. The second-order valence-electron chi connectivity index (χ2n) is 4.49. The number of rotatable bonds is 6. The van der Waals surface area contributed by atoms with E-state index in [1.807, 2.05) is 0 Å². The number of aryl methyl sites for hydroxylation is 1. The zero-order valence-corrected chi connectivity index (χ0v) is 10.7. The third-order valence-electron chi connectivity index (χ3n) is 2.54. The third-order valence-corrected chi connectivity index (χ3v) is 2.54. The van der Waals surface area contributed by atoms with Crippen molar-refractivity contribution in [1.82, 2.24) is 9.13 Å². The van der Waals surface area contributed by atoms with E-state index in [-0.39, 0.29) is 11.2 Å². The maximum Gasteiger partial charge on any atom is 0.330 e. The van der Waals surface area contributed by atoms with Gasteiger partial charge in [-0.05, 0) is 12.3 Å². The van der Waals surface area contributed by atoms with Gasteiger partial charge in [0.1, 0.15) is 0 Å². The number of hydrogen-bond acceptors (Lipinski definition) is 3. The lowest BCUT2D eigenvalue weighted by molar-refractivity contribution is 0.114. The summed E-state index contributed by atoms with van der Waals surface area (Å²) in [7, 11) is 1.62. The molecule has 0 amide bonds. The second-order valence-corrected chi connectivity index (χ2v) is 4.49. The summed E-state index contributed by atoms with van der Waals surface area (Å²) < 4.78 is 7.96. The Labute approximate surface area is 101 Å². The van der Waals surface area contributed by atoms with Crippen molar-refractivity contribution in [3.8, 4) is 0 Å². The van der Waals surface area contributed by atoms with Crippen LogP contribution in [0.5, 0.6) is 0 Å². The molecule has 0 N–H and O–H groups in total. The van der Waals surface area contributed by atoms with Gasteiger partial charge in [0, 0.05) is 25.9 Å². The highest BCUT2D eigenvalue weighted by atomic mass is 16.5. The van der Waals surface area contributed by atoms with Crippen LogP contribution in [0.15, 0.2) is 21.9 Å². The van der Waals surface area contributed by atoms with Crippen molar-refractivity contribution in [2.75, 3.05) is 13.2 Å². The number of aromatic nitrogens is 2. The Morgan fingerprint density at radius 3 is 2.65 bits per heavy atom. The molecule has 0 aliphatic carbocycles. The Morgan fingerprint density at radius 2 is 2.00 bits per heavy atom. The monoisotopic (exact) mass is 240 g/mol. The first kappa shape index (κ1) is 13.7. The van der Waals surface area contributed by atoms with Crippen LogP contribution in [0.2, 0.25) is 0 Å². The molecule has 0 bridgehead atoms. The predicted octanol–water partition coefficient (Wildman–Crippen LogP) is 0.610. The average Bonchev–Trinajstić information content (AvgIpc) is 2.27. The van der Waals surface area contributed by atoms with Gasteiger partial charge in [-0.15, -0.1) is 0 Å². The summed E-state index contributed by atoms with van der Waals surface area (Å²) >= 11 is 0. The third kappa shape index (κ3) is 4.19. The van der Waals surface area contributed by atoms with Crippen LogP contribution in [0.1, 0.15) is 20.3 Å². The summed E-state index contributed by atoms with van der Waals surface area (Å²) in [6.07, 6.45) is 2.46. The summed E-state index contributed by atoms with van der Waals surface area (Å²) in [6, 6.07) is 1.38. The van der Waals surface area contributed by atoms with Crippen LogP contribution in [0.25, 0.3) is 0 Å². The molecule has 0 aliphatic heterocycles. The molecule has 0 aromatic carbocycles. The SMILES string of the molecule is CC(C)CCOCCn1c(=O)ccn(C)c1=O. The van der Waals surface area contributed by atoms with Crippen molar-refractivity contribution < 1.29 is 4.74 Å². The Balaban J connectivity index is 2.50. The highest BCUT2D eigenvalue weighted by Gasteiger charge is 2.02. The van der Waals surface area contributed by atoms with Gasteiger partial charge in [-0.1, -0.05) is 13.8 Å². The van der Waals surface area contributed by atoms with Crippen LogP contribution in [0, 0.1) is 5.92 Å². The Morgan fingerprint density at radius 1 is 1.29 bits per heavy atom. The average molecular weight is 240 g/mol. The minimum Gasteiger partial charge on any atom is -0.380 e. The fourth-order valence-electron chi connectivity index (χ4n) is 1.40. The van der Waals surface area contributed by atoms with Gasteiger partial charge in [0.15, 0.2) is 0 Å². The van der Waals surface area contributed by atoms with Gasteiger partial charge in [0.2, 0.25) is 0 Å². The van der Waals surface area contributed by atoms with Gasteiger partial charge >= 0.3 is 5.69 Å². The summed E-state index contributed by atoms with van der Waals surface area (Å²) in [4.78, 5) is 23.1. The number of nitrogens with zero attached hydrogens (tertiary/aromatic N) is 2. The van der Waals surface area contributed by atoms with Crippen molar-refractivity contribution in [3.05, 3.63) is 33.1 Å². The van der Waals surface area contributed by atoms with Crippen LogP contribution >= 0.6 is 0 Å². The molecular weight excluding hydrogens is 220 g/mol. The van der Waals surface area contributed by atoms with E-state index in [1.54, 1.807) is 7.05 Å². The molecule has 96 valence electrons. The predicted molar refractivity (Wildman–Crippen MR) is 66.2 cm³/mol. The smallest absolute Gasteiger partial charge is 0.330 e. The highest BCUT2D eigenvalue weighted by molar-refractivity contribution is 4.85. The molecule has 0 unspecified atom stereocenters. The van der Waals surface area contributed by atoms with Gasteiger partial charge in [-0.25, -0.2) is 4.79 Å². The normalized spacial score (nSPS) is 11.1. The first-order chi connectivity index (χ1) is 8.02. The standard InChI is InChI=1S/C12H20N2O3/c1-10(2)5-8-17-9-7-14-11(15)4-6-13(3)12(14)16/h4,6,10H,5,7-9H2,1-3H3. The molecular formula is C12H20N2O3. The van der Waals surface area contributed by atoms with Crippen molar-refractivity contribution in [1.29, 1.82) is 0 Å². The molecule has 1 aromatic rings. The van der Waals surface area contributed by atoms with E-state index >= 15 is 0 Å². The van der Waals surface area contributed by atoms with Gasteiger partial charge in [-0.2, -0.15) is 0 Å². The highest BCUT2D eigenvalue weighted by Crippen LogP contribution is 1.98. The minimum absolute atomic E-state index is 0.277. The van der Waals surface area contributed by atoms with Crippen molar-refractivity contribution >= 4 is 0 Å². The first-order valence-corrected chi connectivity index (χ1v) is 5.86. The van der Waals surface area contributed by atoms with E-state index in [9.17, 15) is 9.59 Å². The molecule has 5 nitrogen and oxygen atoms in total. The van der Waals surface area contributed by atoms with Crippen LogP contribution in [-0.4, -0.2) is 22.3 Å². The van der Waals surface area contributed by atoms with Gasteiger partial charge in [0.25, 0.3) is 5.56 Å². The van der Waals surface area contributed by atoms with Gasteiger partial charge in [0.05, 0.1) is 13.2 Å². The minimum atomic E-state index is -0.301. The Hall–Kier alpha value is -1.36. The molecule has 0 fully saturated rings. The van der Waals surface area contributed by atoms with E-state index in [0.717, 1.165) is 6.42 Å². The summed E-state index contributed by atoms with van der Waals surface area (Å²) in [5.41, 5.74) is -0.578. The van der Waals surface area contributed by atoms with Gasteiger partial charge in [-0.3, -0.25) is 9.36 Å². The molecule has 1 aromatic heterocycles. The summed E-state index contributed by atoms with van der Waals surface area (Å²) in [5, 5.41) is 0. The number of ether oxygens (including phenoxy) is 1. The molecule has 0 saturated heterocycles. The first-order valence-electron chi connectivity index (χ1n) is 5.86. The topological polar surface area (TPSA) is 53.2 Å². The van der Waals surface area contributed by atoms with Crippen LogP contribution in [-0.2, 0) is 18.3 Å². The van der Waals surface area contributed by atoms with E-state index in [1.165, 1.54) is 21.4 Å². The Kier molecular flexibility index (Phi) is 5.15. The number of hydrogen-bond donors (Lipinski definition) is 0. The Bertz CT molecular complexity index is 460. The second kappa shape index (κ2) is 6.39. The van der Waals surface area contributed by atoms with Crippen LogP contribution in [0.3, 0.4) is 0 Å². The quantitative estimate of drug-likeness (QED) is 0.685. The summed E-state index contributed by atoms with van der Waals surface area (Å²) in [5.74, 6) is 0.599. The van der Waals surface area contributed by atoms with Crippen LogP contribution in [0.4, 0.5) is 0 Å². The zero-order chi connectivity index (χ0) is 12.8. The maximum atomic E-state index is 11.6. The zero-order valence-electron chi connectivity index (χ0n) is 10.7. The molecule has 1 rings (SSSR count). The molecule has 0 aliphatic rings. The van der Waals surface area contributed by atoms with Gasteiger partial charge < -0.3 is 9.30 Å². The van der Waals surface area contributed by atoms with Crippen molar-refractivity contribution in [2.24, 2.45) is 13.0 Å². The molecule has 0 atom stereocenters. The van der Waals surface area contributed by atoms with E-state index < -0.39 is 0 Å². The fraction of sp³-hybridized carbons (Fsp3) is 0.667. The van der Waals surface area contributed by atoms with E-state index in [2.05, 4.69) is 13.8 Å². The lowest BCUT2D eigenvalue weighted by Crippen LogP contribution is -2.38. The molecule has 1 heterocycles. The van der Waals surface area contributed by atoms with Crippen LogP contribution < -0.4 is 11.2 Å². The molecule has 17 heavy (non-hydrogen) atoms. The maximum absolute atomic E-state index is 11.6. The lowest BCUT2D eigenvalue weighted by atomic mass is 10.1. The fourth-order valence-corrected chi connectivity index (χ4v) is 1.40. The van der Waals surface area contributed by atoms with E-state index in [0.29, 0.717) is 25.7 Å². The summed E-state index contributed by atoms with van der Waals surface area (Å²) in [6.45, 7) is 5.62. The van der Waals surface area contributed by atoms with Crippen molar-refractivity contribution in [3.63, 3.8) is 0 Å². The van der Waals surface area contributed by atoms with Crippen molar-refractivity contribution in [2.45, 2.75) is 26.8 Å². The molecule has 5 heteroatoms. The molecule has 0 spiro atoms. The molecule has 0 radical (unpaired) electrons. The van der Waals surface area contributed by atoms with E-state index in [4.69, 9.17) is 4.74 Å².